The van der Waals surface area contributed by atoms with Crippen LogP contribution in [0, 0.1) is 0 Å². The molecule has 4 N–H and O–H groups in total. The summed E-state index contributed by atoms with van der Waals surface area (Å²) < 4.78 is 16.7. The van der Waals surface area contributed by atoms with Gasteiger partial charge in [-0.25, -0.2) is 0 Å². The molecule has 1 aromatic carbocycles. The molecule has 4 heterocycles. The number of aliphatic hydroxyl groups is 2. The number of benzene rings is 1. The van der Waals surface area contributed by atoms with E-state index in [1.165, 1.54) is 6.92 Å². The van der Waals surface area contributed by atoms with E-state index in [0.29, 0.717) is 0 Å². The second kappa shape index (κ2) is 5.96. The Bertz CT molecular complexity index is 1170. The number of carbonyl (C=O) groups is 3. The summed E-state index contributed by atoms with van der Waals surface area (Å²) in [7, 11) is 0. The van der Waals surface area contributed by atoms with Gasteiger partial charge in [0.15, 0.2) is 17.7 Å². The van der Waals surface area contributed by atoms with Gasteiger partial charge in [-0.1, -0.05) is 0 Å². The number of esters is 1. The van der Waals surface area contributed by atoms with Crippen LogP contribution < -0.4 is 0 Å². The van der Waals surface area contributed by atoms with Crippen molar-refractivity contribution in [1.29, 1.82) is 0 Å². The van der Waals surface area contributed by atoms with Gasteiger partial charge >= 0.3 is 5.97 Å². The molecule has 7 rings (SSSR count). The Balaban J connectivity index is 1.64. The van der Waals surface area contributed by atoms with Crippen molar-refractivity contribution in [3.63, 3.8) is 0 Å². The van der Waals surface area contributed by atoms with Gasteiger partial charge in [-0.3, -0.25) is 14.4 Å². The van der Waals surface area contributed by atoms with E-state index in [1.807, 2.05) is 0 Å². The van der Waals surface area contributed by atoms with Crippen molar-refractivity contribution >= 4 is 17.5 Å². The minimum Gasteiger partial charge on any atom is -0.507 e. The first-order valence-corrected chi connectivity index (χ1v) is 10.4. The molecule has 0 aromatic heterocycles. The molecule has 3 unspecified atom stereocenters. The lowest BCUT2D eigenvalue weighted by Crippen LogP contribution is -2.58. The maximum Gasteiger partial charge on any atom is 0.309 e. The monoisotopic (exact) mass is 444 g/mol. The number of carbonyl (C=O) groups excluding carboxylic acids is 3. The molecule has 168 valence electrons. The van der Waals surface area contributed by atoms with Crippen molar-refractivity contribution in [2.75, 3.05) is 0 Å². The average Bonchev–Trinajstić information content (AvgIpc) is 3.09. The van der Waals surface area contributed by atoms with E-state index in [4.69, 9.17) is 14.2 Å². The SMILES string of the molecule is CC1O[C@H]2CC(O)C1(O)c1c(O)c3c(c(O)c12)C(=O)C1=C(C3=O)[C@H](C)O[C@H]2CC(=O)O[C@@H]12. The molecule has 0 radical (unpaired) electrons. The van der Waals surface area contributed by atoms with E-state index in [1.54, 1.807) is 6.92 Å². The molecule has 0 amide bonds. The fourth-order valence-corrected chi connectivity index (χ4v) is 5.95. The fraction of sp³-hybridized carbons (Fsp3) is 0.500. The highest BCUT2D eigenvalue weighted by Crippen LogP contribution is 2.59. The van der Waals surface area contributed by atoms with Gasteiger partial charge in [0.25, 0.3) is 0 Å². The Morgan fingerprint density at radius 1 is 0.969 bits per heavy atom. The van der Waals surface area contributed by atoms with Crippen molar-refractivity contribution < 1.29 is 49.0 Å². The van der Waals surface area contributed by atoms with E-state index in [-0.39, 0.29) is 35.1 Å². The summed E-state index contributed by atoms with van der Waals surface area (Å²) in [5, 5.41) is 44.1. The first-order chi connectivity index (χ1) is 15.1. The summed E-state index contributed by atoms with van der Waals surface area (Å²) in [5.41, 5.74) is -3.36. The summed E-state index contributed by atoms with van der Waals surface area (Å²) in [5.74, 6) is -3.38. The molecule has 0 saturated carbocycles. The van der Waals surface area contributed by atoms with E-state index >= 15 is 0 Å². The molecule has 2 aliphatic carbocycles. The number of hydrogen-bond acceptors (Lipinski definition) is 10. The number of aliphatic hydroxyl groups excluding tert-OH is 1. The Kier molecular flexibility index (Phi) is 3.70. The van der Waals surface area contributed by atoms with E-state index < -0.39 is 82.4 Å². The fourth-order valence-electron chi connectivity index (χ4n) is 5.95. The number of rotatable bonds is 0. The number of ketones is 2. The number of Topliss-reactive ketones (excluding diaryl/α,β-unsaturated/α-hetero) is 2. The second-order valence-corrected chi connectivity index (χ2v) is 9.00. The van der Waals surface area contributed by atoms with Crippen LogP contribution in [-0.2, 0) is 24.6 Å². The Hall–Kier alpha value is -2.79. The summed E-state index contributed by atoms with van der Waals surface area (Å²) in [6.07, 6.45) is -5.98. The Labute approximate surface area is 181 Å². The van der Waals surface area contributed by atoms with Gasteiger partial charge in [0.05, 0.1) is 47.5 Å². The number of aromatic hydroxyl groups is 2. The molecule has 2 fully saturated rings. The molecule has 10 nitrogen and oxygen atoms in total. The minimum absolute atomic E-state index is 0.0302. The number of ether oxygens (including phenoxy) is 3. The van der Waals surface area contributed by atoms with Crippen molar-refractivity contribution in [3.05, 3.63) is 33.4 Å². The molecular weight excluding hydrogens is 424 g/mol. The standard InChI is InChI=1S/C22H20O10/c1-5-11-15(21-8(30-5)4-10(24)32-21)19(27)13-14(17(11)25)20(28)16-12(18(13)26)7-3-9(23)22(16,29)6(2)31-7/h5-9,21,23,26,28-29H,3-4H2,1-2H3/t5-,6?,7-,8-,9?,21+,22?/m0/s1. The Morgan fingerprint density at radius 2 is 1.62 bits per heavy atom. The minimum atomic E-state index is -2.08. The molecular formula is C22H20O10. The lowest BCUT2D eigenvalue weighted by molar-refractivity contribution is -0.246. The molecule has 4 aliphatic heterocycles. The number of fused-ring (bicyclic) bond motifs is 5. The van der Waals surface area contributed by atoms with Crippen LogP contribution in [0.25, 0.3) is 0 Å². The third-order valence-corrected chi connectivity index (χ3v) is 7.41. The van der Waals surface area contributed by atoms with Crippen LogP contribution >= 0.6 is 0 Å². The molecule has 2 saturated heterocycles. The van der Waals surface area contributed by atoms with Crippen molar-refractivity contribution in [3.8, 4) is 11.5 Å². The first-order valence-electron chi connectivity index (χ1n) is 10.4. The van der Waals surface area contributed by atoms with Gasteiger partial charge in [0.2, 0.25) is 0 Å². The molecule has 0 spiro atoms. The lowest BCUT2D eigenvalue weighted by Gasteiger charge is -2.52. The maximum atomic E-state index is 13.6. The predicted octanol–water partition coefficient (Wildman–Crippen LogP) is 0.288. The zero-order valence-electron chi connectivity index (χ0n) is 17.1. The summed E-state index contributed by atoms with van der Waals surface area (Å²) in [6.45, 7) is 3.06. The van der Waals surface area contributed by atoms with Gasteiger partial charge in [0.1, 0.15) is 23.2 Å². The van der Waals surface area contributed by atoms with Gasteiger partial charge in [0, 0.05) is 23.1 Å². The smallest absolute Gasteiger partial charge is 0.309 e. The molecule has 2 bridgehead atoms. The normalized spacial score (nSPS) is 39.4. The molecule has 32 heavy (non-hydrogen) atoms. The highest BCUT2D eigenvalue weighted by molar-refractivity contribution is 6.30. The first kappa shape index (κ1) is 19.9. The topological polar surface area (TPSA) is 160 Å². The summed E-state index contributed by atoms with van der Waals surface area (Å²) >= 11 is 0. The average molecular weight is 444 g/mol. The van der Waals surface area contributed by atoms with Crippen molar-refractivity contribution in [1.82, 2.24) is 0 Å². The van der Waals surface area contributed by atoms with Gasteiger partial charge in [-0.05, 0) is 13.8 Å². The van der Waals surface area contributed by atoms with Gasteiger partial charge < -0.3 is 34.6 Å². The summed E-state index contributed by atoms with van der Waals surface area (Å²) in [6, 6.07) is 0. The largest absolute Gasteiger partial charge is 0.507 e. The van der Waals surface area contributed by atoms with E-state index in [2.05, 4.69) is 0 Å². The van der Waals surface area contributed by atoms with Crippen LogP contribution in [0.5, 0.6) is 11.5 Å². The van der Waals surface area contributed by atoms with Crippen LogP contribution in [-0.4, -0.2) is 68.5 Å². The number of phenols is 2. The van der Waals surface area contributed by atoms with Crippen LogP contribution in [0.1, 0.15) is 64.6 Å². The molecule has 6 aliphatic rings. The predicted molar refractivity (Wildman–Crippen MR) is 102 cm³/mol. The highest BCUT2D eigenvalue weighted by atomic mass is 16.6. The van der Waals surface area contributed by atoms with Crippen LogP contribution in [0.4, 0.5) is 0 Å². The van der Waals surface area contributed by atoms with Crippen molar-refractivity contribution in [2.45, 2.75) is 68.9 Å². The van der Waals surface area contributed by atoms with E-state index in [0.717, 1.165) is 0 Å². The zero-order valence-corrected chi connectivity index (χ0v) is 17.1. The third kappa shape index (κ3) is 2.06. The van der Waals surface area contributed by atoms with E-state index in [9.17, 15) is 34.8 Å². The lowest BCUT2D eigenvalue weighted by atomic mass is 9.66. The number of phenolic OH excluding ortho intramolecular Hbond substituents is 2. The quantitative estimate of drug-likeness (QED) is 0.323. The highest BCUT2D eigenvalue weighted by Gasteiger charge is 2.60. The number of hydrogen-bond donors (Lipinski definition) is 4. The molecule has 1 aromatic rings. The van der Waals surface area contributed by atoms with Gasteiger partial charge in [-0.15, -0.1) is 0 Å². The molecule has 10 heteroatoms. The maximum absolute atomic E-state index is 13.6. The third-order valence-electron chi connectivity index (χ3n) is 7.41. The summed E-state index contributed by atoms with van der Waals surface area (Å²) in [4.78, 5) is 39.0. The van der Waals surface area contributed by atoms with Crippen LogP contribution in [0.2, 0.25) is 0 Å². The van der Waals surface area contributed by atoms with Crippen LogP contribution in [0.3, 0.4) is 0 Å². The molecule has 7 atom stereocenters. The zero-order chi connectivity index (χ0) is 22.9. The van der Waals surface area contributed by atoms with Crippen LogP contribution in [0.15, 0.2) is 11.1 Å². The van der Waals surface area contributed by atoms with Gasteiger partial charge in [-0.2, -0.15) is 0 Å². The van der Waals surface area contributed by atoms with Crippen molar-refractivity contribution in [2.24, 2.45) is 0 Å². The second-order valence-electron chi connectivity index (χ2n) is 9.00. The Morgan fingerprint density at radius 3 is 2.31 bits per heavy atom.